The van der Waals surface area contributed by atoms with Crippen LogP contribution in [-0.2, 0) is 24.0 Å². The molecular weight excluding hydrogens is 330 g/mol. The van der Waals surface area contributed by atoms with Crippen LogP contribution in [0.25, 0.3) is 0 Å². The van der Waals surface area contributed by atoms with Crippen molar-refractivity contribution in [3.63, 3.8) is 0 Å². The molecule has 0 aliphatic carbocycles. The summed E-state index contributed by atoms with van der Waals surface area (Å²) in [5.74, 6) is -0.782. The third-order valence-corrected chi connectivity index (χ3v) is 4.54. The van der Waals surface area contributed by atoms with Crippen molar-refractivity contribution < 1.29 is 22.1 Å². The Kier molecular flexibility index (Phi) is 5.47. The summed E-state index contributed by atoms with van der Waals surface area (Å²) in [7, 11) is -4.05. The van der Waals surface area contributed by atoms with Gasteiger partial charge in [-0.25, -0.2) is 5.14 Å². The quantitative estimate of drug-likeness (QED) is 0.852. The van der Waals surface area contributed by atoms with Crippen LogP contribution in [0.4, 0.5) is 0 Å². The molecule has 0 saturated carbocycles. The third-order valence-electron chi connectivity index (χ3n) is 3.73. The van der Waals surface area contributed by atoms with Gasteiger partial charge in [0.05, 0.1) is 6.61 Å². The Bertz CT molecular complexity index is 617. The summed E-state index contributed by atoms with van der Waals surface area (Å²) >= 11 is 6.22. The summed E-state index contributed by atoms with van der Waals surface area (Å²) in [4.78, 5) is 0. The van der Waals surface area contributed by atoms with E-state index in [1.807, 2.05) is 32.0 Å². The van der Waals surface area contributed by atoms with E-state index in [1.165, 1.54) is 0 Å². The first-order valence-corrected chi connectivity index (χ1v) is 8.92. The number of benzene rings is 1. The van der Waals surface area contributed by atoms with E-state index >= 15 is 0 Å². The second-order valence-corrected chi connectivity index (χ2v) is 6.74. The van der Waals surface area contributed by atoms with Crippen LogP contribution in [0.5, 0.6) is 0 Å². The van der Waals surface area contributed by atoms with E-state index in [9.17, 15) is 8.42 Å². The topological polar surface area (TPSA) is 87.9 Å². The number of nitrogens with two attached hydrogens (primary N) is 1. The zero-order valence-electron chi connectivity index (χ0n) is 12.5. The second-order valence-electron chi connectivity index (χ2n) is 5.11. The highest BCUT2D eigenvalue weighted by molar-refractivity contribution is 7.84. The highest BCUT2D eigenvalue weighted by atomic mass is 35.5. The molecular formula is C14H20ClNO5S. The first-order valence-electron chi connectivity index (χ1n) is 7.07. The van der Waals surface area contributed by atoms with Crippen LogP contribution in [-0.4, -0.2) is 26.9 Å². The minimum atomic E-state index is -4.05. The first kappa shape index (κ1) is 17.7. The van der Waals surface area contributed by atoms with Gasteiger partial charge in [-0.2, -0.15) is 8.42 Å². The SMILES string of the molecule is CCC1(CC)O[C@H](c2ccccc2Cl)[C@@H](COS(N)(=O)=O)O1. The van der Waals surface area contributed by atoms with Crippen molar-refractivity contribution in [2.45, 2.75) is 44.7 Å². The van der Waals surface area contributed by atoms with Gasteiger partial charge in [0.25, 0.3) is 0 Å². The van der Waals surface area contributed by atoms with Crippen LogP contribution in [0.3, 0.4) is 0 Å². The molecule has 124 valence electrons. The van der Waals surface area contributed by atoms with Crippen molar-refractivity contribution in [3.8, 4) is 0 Å². The minimum Gasteiger partial charge on any atom is -0.341 e. The normalized spacial score (nSPS) is 24.5. The van der Waals surface area contributed by atoms with Crippen molar-refractivity contribution in [1.29, 1.82) is 0 Å². The number of rotatable bonds is 6. The average molecular weight is 350 g/mol. The van der Waals surface area contributed by atoms with Crippen molar-refractivity contribution >= 4 is 21.9 Å². The van der Waals surface area contributed by atoms with E-state index in [0.717, 1.165) is 5.56 Å². The summed E-state index contributed by atoms with van der Waals surface area (Å²) in [5, 5.41) is 5.42. The Hall–Kier alpha value is -0.700. The maximum absolute atomic E-state index is 11.0. The molecule has 1 aliphatic rings. The van der Waals surface area contributed by atoms with Gasteiger partial charge in [0, 0.05) is 10.6 Å². The molecule has 0 spiro atoms. The van der Waals surface area contributed by atoms with Gasteiger partial charge in [0.2, 0.25) is 0 Å². The molecule has 6 nitrogen and oxygen atoms in total. The molecule has 0 amide bonds. The molecule has 1 aromatic carbocycles. The molecule has 0 unspecified atom stereocenters. The zero-order chi connectivity index (χ0) is 16.4. The molecule has 2 atom stereocenters. The van der Waals surface area contributed by atoms with Gasteiger partial charge in [-0.05, 0) is 18.9 Å². The van der Waals surface area contributed by atoms with Crippen molar-refractivity contribution in [1.82, 2.24) is 0 Å². The number of halogens is 1. The zero-order valence-corrected chi connectivity index (χ0v) is 14.1. The van der Waals surface area contributed by atoms with Gasteiger partial charge in [0.15, 0.2) is 5.79 Å². The Balaban J connectivity index is 2.29. The lowest BCUT2D eigenvalue weighted by Crippen LogP contribution is -2.31. The van der Waals surface area contributed by atoms with Gasteiger partial charge in [-0.1, -0.05) is 43.6 Å². The fourth-order valence-corrected chi connectivity index (χ4v) is 3.08. The molecule has 8 heteroatoms. The van der Waals surface area contributed by atoms with E-state index in [1.54, 1.807) is 6.07 Å². The lowest BCUT2D eigenvalue weighted by Gasteiger charge is -2.25. The molecule has 2 rings (SSSR count). The lowest BCUT2D eigenvalue weighted by molar-refractivity contribution is -0.181. The van der Waals surface area contributed by atoms with Crippen molar-refractivity contribution in [2.75, 3.05) is 6.61 Å². The van der Waals surface area contributed by atoms with Crippen LogP contribution in [0.15, 0.2) is 24.3 Å². The predicted molar refractivity (Wildman–Crippen MR) is 82.5 cm³/mol. The summed E-state index contributed by atoms with van der Waals surface area (Å²) in [5.41, 5.74) is 0.732. The van der Waals surface area contributed by atoms with E-state index in [2.05, 4.69) is 4.18 Å². The van der Waals surface area contributed by atoms with Crippen molar-refractivity contribution in [3.05, 3.63) is 34.9 Å². The third kappa shape index (κ3) is 3.98. The monoisotopic (exact) mass is 349 g/mol. The molecule has 1 saturated heterocycles. The number of hydrogen-bond acceptors (Lipinski definition) is 5. The lowest BCUT2D eigenvalue weighted by atomic mass is 10.1. The minimum absolute atomic E-state index is 0.226. The summed E-state index contributed by atoms with van der Waals surface area (Å²) in [6, 6.07) is 7.21. The van der Waals surface area contributed by atoms with Gasteiger partial charge >= 0.3 is 10.3 Å². The fourth-order valence-electron chi connectivity index (χ4n) is 2.51. The standard InChI is InChI=1S/C14H20ClNO5S/c1-3-14(4-2)20-12(9-19-22(16,17)18)13(21-14)10-7-5-6-8-11(10)15/h5-8,12-13H,3-4,9H2,1-2H3,(H2,16,17,18)/t12-,13-/m1/s1. The Labute approximate surface area is 135 Å². The Morgan fingerprint density at radius 3 is 2.45 bits per heavy atom. The van der Waals surface area contributed by atoms with Crippen LogP contribution < -0.4 is 5.14 Å². The van der Waals surface area contributed by atoms with Gasteiger partial charge < -0.3 is 9.47 Å². The maximum atomic E-state index is 11.0. The first-order chi connectivity index (χ1) is 10.3. The predicted octanol–water partition coefficient (Wildman–Crippen LogP) is 2.53. The average Bonchev–Trinajstić information content (AvgIpc) is 2.85. The highest BCUT2D eigenvalue weighted by Gasteiger charge is 2.47. The molecule has 2 N–H and O–H groups in total. The summed E-state index contributed by atoms with van der Waals surface area (Å²) in [6.45, 7) is 3.66. The smallest absolute Gasteiger partial charge is 0.333 e. The number of ether oxygens (including phenoxy) is 2. The fraction of sp³-hybridized carbons (Fsp3) is 0.571. The molecule has 0 bridgehead atoms. The Morgan fingerprint density at radius 2 is 1.91 bits per heavy atom. The van der Waals surface area contributed by atoms with Crippen LogP contribution >= 0.6 is 11.6 Å². The molecule has 22 heavy (non-hydrogen) atoms. The maximum Gasteiger partial charge on any atom is 0.333 e. The number of hydrogen-bond donors (Lipinski definition) is 1. The van der Waals surface area contributed by atoms with Gasteiger partial charge in [0.1, 0.15) is 12.2 Å². The van der Waals surface area contributed by atoms with E-state index < -0.39 is 28.3 Å². The summed E-state index contributed by atoms with van der Waals surface area (Å²) < 4.78 is 38.8. The van der Waals surface area contributed by atoms with E-state index in [4.69, 9.17) is 26.2 Å². The Morgan fingerprint density at radius 1 is 1.27 bits per heavy atom. The molecule has 1 heterocycles. The van der Waals surface area contributed by atoms with Crippen LogP contribution in [0.2, 0.25) is 5.02 Å². The van der Waals surface area contributed by atoms with E-state index in [-0.39, 0.29) is 6.61 Å². The van der Waals surface area contributed by atoms with Crippen LogP contribution in [0.1, 0.15) is 38.4 Å². The second kappa shape index (κ2) is 6.82. The summed E-state index contributed by atoms with van der Waals surface area (Å²) in [6.07, 6.45) is 0.112. The molecule has 1 aliphatic heterocycles. The van der Waals surface area contributed by atoms with Gasteiger partial charge in [-0.3, -0.25) is 4.18 Å². The van der Waals surface area contributed by atoms with Gasteiger partial charge in [-0.15, -0.1) is 0 Å². The molecule has 0 aromatic heterocycles. The van der Waals surface area contributed by atoms with Crippen LogP contribution in [0, 0.1) is 0 Å². The van der Waals surface area contributed by atoms with Crippen molar-refractivity contribution in [2.24, 2.45) is 5.14 Å². The molecule has 1 aromatic rings. The highest BCUT2D eigenvalue weighted by Crippen LogP contribution is 2.44. The molecule has 1 fully saturated rings. The largest absolute Gasteiger partial charge is 0.341 e. The molecule has 0 radical (unpaired) electrons. The van der Waals surface area contributed by atoms with E-state index in [0.29, 0.717) is 17.9 Å².